The van der Waals surface area contributed by atoms with Gasteiger partial charge < -0.3 is 15.0 Å². The van der Waals surface area contributed by atoms with Gasteiger partial charge in [-0.25, -0.2) is 9.37 Å². The number of nitrogens with zero attached hydrogens (tertiary/aromatic N) is 2. The summed E-state index contributed by atoms with van der Waals surface area (Å²) in [7, 11) is 1.82. The average Bonchev–Trinajstić information content (AvgIpc) is 2.97. The monoisotopic (exact) mass is 345 g/mol. The first-order valence-electron chi connectivity index (χ1n) is 8.62. The Morgan fingerprint density at radius 1 is 1.44 bits per heavy atom. The first kappa shape index (κ1) is 17.5. The summed E-state index contributed by atoms with van der Waals surface area (Å²) in [5.74, 6) is 1.66. The highest BCUT2D eigenvalue weighted by molar-refractivity contribution is 6.00. The molecule has 5 nitrogen and oxygen atoms in total. The molecule has 3 rings (SSSR count). The minimum atomic E-state index is -0.480. The number of hydrogen-bond donors (Lipinski definition) is 1. The smallest absolute Gasteiger partial charge is 0.255 e. The minimum absolute atomic E-state index is 0.00211. The van der Waals surface area contributed by atoms with Crippen LogP contribution in [0.5, 0.6) is 0 Å². The van der Waals surface area contributed by atoms with Crippen molar-refractivity contribution < 1.29 is 13.9 Å². The quantitative estimate of drug-likeness (QED) is 0.858. The van der Waals surface area contributed by atoms with Gasteiger partial charge >= 0.3 is 0 Å². The molecule has 25 heavy (non-hydrogen) atoms. The predicted octanol–water partition coefficient (Wildman–Crippen LogP) is 3.45. The van der Waals surface area contributed by atoms with Crippen LogP contribution in [0.4, 0.5) is 10.2 Å². The van der Waals surface area contributed by atoms with Gasteiger partial charge in [0.05, 0.1) is 18.3 Å². The van der Waals surface area contributed by atoms with Gasteiger partial charge in [0.2, 0.25) is 0 Å². The van der Waals surface area contributed by atoms with Crippen LogP contribution >= 0.6 is 0 Å². The van der Waals surface area contributed by atoms with Crippen LogP contribution in [-0.2, 0) is 11.3 Å². The fourth-order valence-electron chi connectivity index (χ4n) is 3.54. The SMILES string of the molecule is CNc1nccc2c1CN(C(C)C1=CC(C)=C(OCCF)CC1)C2=O. The number of aromatic nitrogens is 1. The molecule has 2 heterocycles. The molecular formula is C19H24FN3O2. The maximum atomic E-state index is 12.8. The Balaban J connectivity index is 1.80. The first-order chi connectivity index (χ1) is 12.1. The van der Waals surface area contributed by atoms with Crippen LogP contribution in [-0.4, -0.2) is 42.2 Å². The molecule has 134 valence electrons. The Kier molecular flexibility index (Phi) is 5.06. The number of ether oxygens (including phenoxy) is 1. The number of amides is 1. The van der Waals surface area contributed by atoms with Crippen LogP contribution in [0.25, 0.3) is 0 Å². The zero-order chi connectivity index (χ0) is 18.0. The lowest BCUT2D eigenvalue weighted by atomic mass is 9.93. The van der Waals surface area contributed by atoms with Crippen molar-refractivity contribution in [1.29, 1.82) is 0 Å². The Labute approximate surface area is 147 Å². The Bertz CT molecular complexity index is 742. The molecule has 1 aliphatic carbocycles. The van der Waals surface area contributed by atoms with Crippen LogP contribution in [0.3, 0.4) is 0 Å². The molecule has 1 aromatic heterocycles. The van der Waals surface area contributed by atoms with Gasteiger partial charge in [-0.2, -0.15) is 0 Å². The van der Waals surface area contributed by atoms with Crippen LogP contribution in [0.1, 0.15) is 42.6 Å². The van der Waals surface area contributed by atoms with Gasteiger partial charge in [0.25, 0.3) is 5.91 Å². The van der Waals surface area contributed by atoms with E-state index in [2.05, 4.69) is 23.3 Å². The summed E-state index contributed by atoms with van der Waals surface area (Å²) in [5.41, 5.74) is 3.90. The van der Waals surface area contributed by atoms with Gasteiger partial charge in [-0.15, -0.1) is 0 Å². The lowest BCUT2D eigenvalue weighted by Crippen LogP contribution is -2.35. The van der Waals surface area contributed by atoms with Crippen LogP contribution < -0.4 is 5.32 Å². The third kappa shape index (κ3) is 3.25. The second-order valence-electron chi connectivity index (χ2n) is 6.41. The molecule has 1 aliphatic heterocycles. The number of anilines is 1. The number of carbonyl (C=O) groups excluding carboxylic acids is 1. The molecule has 1 N–H and O–H groups in total. The lowest BCUT2D eigenvalue weighted by molar-refractivity contribution is 0.0738. The summed E-state index contributed by atoms with van der Waals surface area (Å²) in [4.78, 5) is 19.0. The van der Waals surface area contributed by atoms with Gasteiger partial charge in [0.1, 0.15) is 19.1 Å². The van der Waals surface area contributed by atoms with Crippen molar-refractivity contribution in [3.05, 3.63) is 46.4 Å². The van der Waals surface area contributed by atoms with E-state index in [1.54, 1.807) is 12.3 Å². The van der Waals surface area contributed by atoms with E-state index in [9.17, 15) is 9.18 Å². The average molecular weight is 345 g/mol. The molecule has 0 aromatic carbocycles. The summed E-state index contributed by atoms with van der Waals surface area (Å²) in [6.07, 6.45) is 5.31. The molecule has 1 atom stereocenters. The molecule has 0 saturated heterocycles. The van der Waals surface area contributed by atoms with Gasteiger partial charge in [-0.1, -0.05) is 6.08 Å². The number of carbonyl (C=O) groups is 1. The second-order valence-corrected chi connectivity index (χ2v) is 6.41. The highest BCUT2D eigenvalue weighted by atomic mass is 19.1. The Hall–Kier alpha value is -2.37. The summed E-state index contributed by atoms with van der Waals surface area (Å²) < 4.78 is 17.8. The van der Waals surface area contributed by atoms with E-state index in [1.165, 1.54) is 5.57 Å². The van der Waals surface area contributed by atoms with Crippen molar-refractivity contribution in [2.24, 2.45) is 0 Å². The molecule has 2 aliphatic rings. The van der Waals surface area contributed by atoms with Gasteiger partial charge in [-0.05, 0) is 37.5 Å². The zero-order valence-corrected chi connectivity index (χ0v) is 14.9. The normalized spacial score (nSPS) is 18.2. The molecule has 0 fully saturated rings. The van der Waals surface area contributed by atoms with Gasteiger partial charge in [0, 0.05) is 30.8 Å². The van der Waals surface area contributed by atoms with Gasteiger partial charge in [-0.3, -0.25) is 4.79 Å². The van der Waals surface area contributed by atoms with E-state index in [0.717, 1.165) is 41.1 Å². The van der Waals surface area contributed by atoms with Crippen molar-refractivity contribution >= 4 is 11.7 Å². The van der Waals surface area contributed by atoms with Crippen molar-refractivity contribution in [2.45, 2.75) is 39.3 Å². The zero-order valence-electron chi connectivity index (χ0n) is 14.9. The van der Waals surface area contributed by atoms with Gasteiger partial charge in [0.15, 0.2) is 0 Å². The minimum Gasteiger partial charge on any atom is -0.495 e. The van der Waals surface area contributed by atoms with Crippen molar-refractivity contribution in [2.75, 3.05) is 25.6 Å². The maximum absolute atomic E-state index is 12.8. The molecule has 0 bridgehead atoms. The number of alkyl halides is 1. The fourth-order valence-corrected chi connectivity index (χ4v) is 3.54. The van der Waals surface area contributed by atoms with Crippen molar-refractivity contribution in [3.63, 3.8) is 0 Å². The number of nitrogens with one attached hydrogen (secondary N) is 1. The molecule has 0 saturated carbocycles. The van der Waals surface area contributed by atoms with Crippen LogP contribution in [0.15, 0.2) is 35.2 Å². The number of halogens is 1. The van der Waals surface area contributed by atoms with E-state index < -0.39 is 6.67 Å². The van der Waals surface area contributed by atoms with E-state index in [1.807, 2.05) is 18.9 Å². The van der Waals surface area contributed by atoms with E-state index in [-0.39, 0.29) is 18.6 Å². The Morgan fingerprint density at radius 3 is 2.92 bits per heavy atom. The number of fused-ring (bicyclic) bond motifs is 1. The van der Waals surface area contributed by atoms with E-state index in [0.29, 0.717) is 6.54 Å². The highest BCUT2D eigenvalue weighted by Crippen LogP contribution is 2.34. The number of rotatable bonds is 6. The third-order valence-corrected chi connectivity index (χ3v) is 4.95. The molecule has 0 spiro atoms. The summed E-state index contributed by atoms with van der Waals surface area (Å²) >= 11 is 0. The summed E-state index contributed by atoms with van der Waals surface area (Å²) in [6.45, 7) is 4.22. The largest absolute Gasteiger partial charge is 0.495 e. The number of hydrogen-bond acceptors (Lipinski definition) is 4. The fraction of sp³-hybridized carbons (Fsp3) is 0.474. The first-order valence-corrected chi connectivity index (χ1v) is 8.62. The van der Waals surface area contributed by atoms with Crippen molar-refractivity contribution in [1.82, 2.24) is 9.88 Å². The van der Waals surface area contributed by atoms with Crippen LogP contribution in [0, 0.1) is 0 Å². The van der Waals surface area contributed by atoms with Crippen LogP contribution in [0.2, 0.25) is 0 Å². The molecular weight excluding hydrogens is 321 g/mol. The summed E-state index contributed by atoms with van der Waals surface area (Å²) in [6, 6.07) is 1.79. The topological polar surface area (TPSA) is 54.5 Å². The van der Waals surface area contributed by atoms with E-state index in [4.69, 9.17) is 4.74 Å². The summed E-state index contributed by atoms with van der Waals surface area (Å²) in [5, 5.41) is 3.06. The van der Waals surface area contributed by atoms with Crippen molar-refractivity contribution in [3.8, 4) is 0 Å². The molecule has 1 aromatic rings. The standard InChI is InChI=1S/C19H24FN3O2/c1-12-10-14(4-5-17(12)25-9-7-20)13(2)23-11-16-15(19(23)24)6-8-22-18(16)21-3/h6,8,10,13H,4-5,7,9,11H2,1-3H3,(H,21,22). The molecule has 6 heteroatoms. The molecule has 1 unspecified atom stereocenters. The maximum Gasteiger partial charge on any atom is 0.255 e. The molecule has 0 radical (unpaired) electrons. The van der Waals surface area contributed by atoms with E-state index >= 15 is 0 Å². The number of pyridine rings is 1. The predicted molar refractivity (Wildman–Crippen MR) is 95.1 cm³/mol. The number of allylic oxidation sites excluding steroid dienone is 3. The highest BCUT2D eigenvalue weighted by Gasteiger charge is 2.34. The second kappa shape index (κ2) is 7.25. The molecule has 1 amide bonds. The lowest BCUT2D eigenvalue weighted by Gasteiger charge is -2.29. The Morgan fingerprint density at radius 2 is 2.24 bits per heavy atom. The third-order valence-electron chi connectivity index (χ3n) is 4.95.